The van der Waals surface area contributed by atoms with Crippen LogP contribution in [0.15, 0.2) is 18.2 Å². The first-order valence-electron chi connectivity index (χ1n) is 7.04. The maximum absolute atomic E-state index is 12.0. The summed E-state index contributed by atoms with van der Waals surface area (Å²) in [5.41, 5.74) is 1.08. The average molecular weight is 321 g/mol. The summed E-state index contributed by atoms with van der Waals surface area (Å²) in [5, 5.41) is 13.4. The Morgan fingerprint density at radius 1 is 1.43 bits per heavy atom. The first kappa shape index (κ1) is 14.9. The number of cyclic esters (lactones) is 1. The zero-order valence-corrected chi connectivity index (χ0v) is 12.1. The van der Waals surface area contributed by atoms with Crippen LogP contribution in [-0.4, -0.2) is 49.0 Å². The van der Waals surface area contributed by atoms with Crippen LogP contribution < -0.4 is 20.3 Å². The Morgan fingerprint density at radius 2 is 2.26 bits per heavy atom. The van der Waals surface area contributed by atoms with Gasteiger partial charge in [-0.25, -0.2) is 9.59 Å². The van der Waals surface area contributed by atoms with Crippen LogP contribution in [-0.2, 0) is 9.53 Å². The van der Waals surface area contributed by atoms with Gasteiger partial charge in [0.25, 0.3) is 5.91 Å². The van der Waals surface area contributed by atoms with Crippen molar-refractivity contribution < 1.29 is 29.0 Å². The highest BCUT2D eigenvalue weighted by molar-refractivity contribution is 5.97. The molecule has 2 aliphatic heterocycles. The largest absolute Gasteiger partial charge is 0.482 e. The van der Waals surface area contributed by atoms with Crippen LogP contribution in [0.3, 0.4) is 0 Å². The van der Waals surface area contributed by atoms with E-state index in [1.54, 1.807) is 18.2 Å². The number of amides is 3. The van der Waals surface area contributed by atoms with E-state index in [0.717, 1.165) is 0 Å². The smallest absolute Gasteiger partial charge is 0.414 e. The number of carboxylic acid groups (broad SMARTS) is 1. The number of nitrogens with one attached hydrogen (secondary N) is 2. The normalized spacial score (nSPS) is 19.5. The summed E-state index contributed by atoms with van der Waals surface area (Å²) in [6.07, 6.45) is -1.62. The Kier molecular flexibility index (Phi) is 3.92. The highest BCUT2D eigenvalue weighted by atomic mass is 16.6. The van der Waals surface area contributed by atoms with E-state index < -0.39 is 18.3 Å². The molecule has 0 aromatic heterocycles. The summed E-state index contributed by atoms with van der Waals surface area (Å²) in [4.78, 5) is 35.2. The van der Waals surface area contributed by atoms with E-state index in [1.807, 2.05) is 0 Å². The molecule has 0 spiro atoms. The second kappa shape index (κ2) is 6.03. The minimum Gasteiger partial charge on any atom is -0.482 e. The van der Waals surface area contributed by atoms with Crippen molar-refractivity contribution in [2.24, 2.45) is 0 Å². The van der Waals surface area contributed by atoms with Gasteiger partial charge in [-0.05, 0) is 18.2 Å². The van der Waals surface area contributed by atoms with Gasteiger partial charge in [-0.1, -0.05) is 0 Å². The van der Waals surface area contributed by atoms with Gasteiger partial charge >= 0.3 is 12.2 Å². The van der Waals surface area contributed by atoms with Crippen LogP contribution in [0.25, 0.3) is 0 Å². The summed E-state index contributed by atoms with van der Waals surface area (Å²) in [7, 11) is 0. The lowest BCUT2D eigenvalue weighted by Gasteiger charge is -2.20. The van der Waals surface area contributed by atoms with Crippen molar-refractivity contribution in [2.75, 3.05) is 29.9 Å². The number of hydrogen-bond acceptors (Lipinski definition) is 5. The third-order valence-corrected chi connectivity index (χ3v) is 3.52. The van der Waals surface area contributed by atoms with E-state index in [0.29, 0.717) is 30.1 Å². The number of rotatable bonds is 4. The lowest BCUT2D eigenvalue weighted by Crippen LogP contribution is -2.28. The van der Waals surface area contributed by atoms with E-state index in [-0.39, 0.29) is 19.1 Å². The van der Waals surface area contributed by atoms with Gasteiger partial charge in [0.2, 0.25) is 0 Å². The molecule has 2 aliphatic rings. The minimum atomic E-state index is -1.11. The average Bonchev–Trinajstić information content (AvgIpc) is 2.87. The summed E-state index contributed by atoms with van der Waals surface area (Å²) < 4.78 is 10.5. The lowest BCUT2D eigenvalue weighted by atomic mass is 10.2. The molecule has 9 heteroatoms. The monoisotopic (exact) mass is 321 g/mol. The first-order valence-corrected chi connectivity index (χ1v) is 7.04. The molecule has 9 nitrogen and oxygen atoms in total. The zero-order valence-electron chi connectivity index (χ0n) is 12.1. The van der Waals surface area contributed by atoms with Gasteiger partial charge in [0, 0.05) is 18.7 Å². The number of hydrogen-bond donors (Lipinski definition) is 3. The molecule has 1 fully saturated rings. The van der Waals surface area contributed by atoms with Crippen LogP contribution in [0.4, 0.5) is 21.0 Å². The number of carbonyl (C=O) groups is 3. The fourth-order valence-electron chi connectivity index (χ4n) is 2.46. The number of fused-ring (bicyclic) bond motifs is 1. The summed E-state index contributed by atoms with van der Waals surface area (Å²) in [6.45, 7) is 0.486. The summed E-state index contributed by atoms with van der Waals surface area (Å²) in [5.74, 6) is 0.291. The second-order valence-corrected chi connectivity index (χ2v) is 5.15. The van der Waals surface area contributed by atoms with E-state index in [9.17, 15) is 14.4 Å². The molecule has 122 valence electrons. The van der Waals surface area contributed by atoms with Gasteiger partial charge in [-0.2, -0.15) is 0 Å². The standard InChI is InChI=1S/C14H15N3O6/c18-12-7-22-11-2-1-8(5-10(11)16-12)17-6-9(23-14(17)21)3-4-15-13(19)20/h1-2,5,9,15H,3-4,6-7H2,(H,16,18)(H,19,20). The molecular weight excluding hydrogens is 306 g/mol. The Bertz CT molecular complexity index is 662. The lowest BCUT2D eigenvalue weighted by molar-refractivity contribution is -0.118. The van der Waals surface area contributed by atoms with Gasteiger partial charge in [0.05, 0.1) is 12.2 Å². The van der Waals surface area contributed by atoms with Crippen molar-refractivity contribution in [3.63, 3.8) is 0 Å². The van der Waals surface area contributed by atoms with Crippen molar-refractivity contribution in [1.82, 2.24) is 5.32 Å². The Morgan fingerprint density at radius 3 is 3.04 bits per heavy atom. The second-order valence-electron chi connectivity index (χ2n) is 5.15. The quantitative estimate of drug-likeness (QED) is 0.761. The van der Waals surface area contributed by atoms with Crippen molar-refractivity contribution >= 4 is 29.5 Å². The number of ether oxygens (including phenoxy) is 2. The molecule has 3 rings (SSSR count). The van der Waals surface area contributed by atoms with Crippen LogP contribution in [0.1, 0.15) is 6.42 Å². The van der Waals surface area contributed by atoms with Crippen molar-refractivity contribution in [3.8, 4) is 5.75 Å². The van der Waals surface area contributed by atoms with Crippen LogP contribution in [0, 0.1) is 0 Å². The molecule has 1 unspecified atom stereocenters. The van der Waals surface area contributed by atoms with Gasteiger partial charge < -0.3 is 25.2 Å². The molecule has 1 aromatic rings. The fraction of sp³-hybridized carbons (Fsp3) is 0.357. The molecular formula is C14H15N3O6. The molecule has 0 aliphatic carbocycles. The molecule has 0 radical (unpaired) electrons. The number of benzene rings is 1. The predicted molar refractivity (Wildman–Crippen MR) is 78.8 cm³/mol. The fourth-order valence-corrected chi connectivity index (χ4v) is 2.46. The van der Waals surface area contributed by atoms with E-state index in [2.05, 4.69) is 10.6 Å². The van der Waals surface area contributed by atoms with Crippen molar-refractivity contribution in [1.29, 1.82) is 0 Å². The number of nitrogens with zero attached hydrogens (tertiary/aromatic N) is 1. The van der Waals surface area contributed by atoms with Crippen molar-refractivity contribution in [3.05, 3.63) is 18.2 Å². The highest BCUT2D eigenvalue weighted by Crippen LogP contribution is 2.33. The highest BCUT2D eigenvalue weighted by Gasteiger charge is 2.32. The van der Waals surface area contributed by atoms with Gasteiger partial charge in [0.1, 0.15) is 11.9 Å². The Balaban J connectivity index is 1.67. The Hall–Kier alpha value is -2.97. The Labute approximate surface area is 131 Å². The molecule has 1 atom stereocenters. The maximum atomic E-state index is 12.0. The van der Waals surface area contributed by atoms with Crippen LogP contribution >= 0.6 is 0 Å². The molecule has 0 saturated carbocycles. The third kappa shape index (κ3) is 3.28. The molecule has 1 aromatic carbocycles. The first-order chi connectivity index (χ1) is 11.0. The van der Waals surface area contributed by atoms with Gasteiger partial charge in [0.15, 0.2) is 6.61 Å². The molecule has 1 saturated heterocycles. The van der Waals surface area contributed by atoms with Crippen LogP contribution in [0.2, 0.25) is 0 Å². The molecule has 2 heterocycles. The third-order valence-electron chi connectivity index (χ3n) is 3.52. The van der Waals surface area contributed by atoms with Crippen molar-refractivity contribution in [2.45, 2.75) is 12.5 Å². The molecule has 3 amide bonds. The summed E-state index contributed by atoms with van der Waals surface area (Å²) in [6, 6.07) is 5.03. The van der Waals surface area contributed by atoms with Gasteiger partial charge in [-0.3, -0.25) is 9.69 Å². The molecule has 0 bridgehead atoms. The molecule has 3 N–H and O–H groups in total. The van der Waals surface area contributed by atoms with E-state index >= 15 is 0 Å². The van der Waals surface area contributed by atoms with E-state index in [1.165, 1.54) is 4.90 Å². The topological polar surface area (TPSA) is 117 Å². The maximum Gasteiger partial charge on any atom is 0.414 e. The zero-order chi connectivity index (χ0) is 16.4. The number of carbonyl (C=O) groups excluding carboxylic acids is 2. The van der Waals surface area contributed by atoms with Gasteiger partial charge in [-0.15, -0.1) is 0 Å². The predicted octanol–water partition coefficient (Wildman–Crippen LogP) is 1.00. The van der Waals surface area contributed by atoms with Crippen LogP contribution in [0.5, 0.6) is 5.75 Å². The summed E-state index contributed by atoms with van der Waals surface area (Å²) >= 11 is 0. The molecule has 23 heavy (non-hydrogen) atoms. The SMILES string of the molecule is O=C(O)NCCC1CN(c2ccc3c(c2)NC(=O)CO3)C(=O)O1. The minimum absolute atomic E-state index is 0.0310. The van der Waals surface area contributed by atoms with E-state index in [4.69, 9.17) is 14.6 Å². The number of anilines is 2.